The Hall–Kier alpha value is -0.560. The number of sulfone groups is 1. The SMILES string of the molecule is CN1C(=NC(=O)CCC2CCCC2)S[C@H]2CS(=O)(=O)C[C@@H]21. The highest BCUT2D eigenvalue weighted by molar-refractivity contribution is 8.15. The Bertz CT molecular complexity index is 553. The molecule has 0 aromatic carbocycles. The van der Waals surface area contributed by atoms with Crippen LogP contribution in [0.1, 0.15) is 38.5 Å². The Morgan fingerprint density at radius 1 is 1.33 bits per heavy atom. The molecule has 2 atom stereocenters. The predicted octanol–water partition coefficient (Wildman–Crippen LogP) is 1.68. The van der Waals surface area contributed by atoms with E-state index in [2.05, 4.69) is 4.99 Å². The molecule has 1 saturated carbocycles. The first-order valence-corrected chi connectivity index (χ1v) is 10.4. The molecule has 3 aliphatic rings. The quantitative estimate of drug-likeness (QED) is 0.788. The van der Waals surface area contributed by atoms with Crippen LogP contribution in [0.2, 0.25) is 0 Å². The topological polar surface area (TPSA) is 66.8 Å². The molecule has 0 radical (unpaired) electrons. The number of fused-ring (bicyclic) bond motifs is 1. The molecule has 2 heterocycles. The number of amides is 1. The summed E-state index contributed by atoms with van der Waals surface area (Å²) in [6, 6.07) is -0.0126. The van der Waals surface area contributed by atoms with Gasteiger partial charge in [0.2, 0.25) is 5.91 Å². The average molecular weight is 330 g/mol. The molecule has 1 amide bonds. The van der Waals surface area contributed by atoms with Gasteiger partial charge in [-0.15, -0.1) is 0 Å². The van der Waals surface area contributed by atoms with Crippen molar-refractivity contribution in [3.8, 4) is 0 Å². The molecule has 21 heavy (non-hydrogen) atoms. The van der Waals surface area contributed by atoms with Crippen LogP contribution in [0.15, 0.2) is 4.99 Å². The Morgan fingerprint density at radius 2 is 2.05 bits per heavy atom. The zero-order valence-electron chi connectivity index (χ0n) is 12.3. The van der Waals surface area contributed by atoms with Crippen LogP contribution < -0.4 is 0 Å². The molecule has 0 N–H and O–H groups in total. The molecule has 0 unspecified atom stereocenters. The molecule has 0 aromatic rings. The number of amidine groups is 1. The van der Waals surface area contributed by atoms with Crippen LogP contribution in [0.5, 0.6) is 0 Å². The molecule has 5 nitrogen and oxygen atoms in total. The molecular formula is C14H22N2O3S2. The number of aliphatic imine (C=N–C) groups is 1. The van der Waals surface area contributed by atoms with E-state index in [0.29, 0.717) is 17.5 Å². The van der Waals surface area contributed by atoms with Gasteiger partial charge in [0.1, 0.15) is 0 Å². The van der Waals surface area contributed by atoms with Crippen molar-refractivity contribution < 1.29 is 13.2 Å². The molecular weight excluding hydrogens is 308 g/mol. The van der Waals surface area contributed by atoms with Crippen molar-refractivity contribution in [2.45, 2.75) is 49.8 Å². The number of nitrogens with zero attached hydrogens (tertiary/aromatic N) is 2. The van der Waals surface area contributed by atoms with Crippen LogP contribution in [0.25, 0.3) is 0 Å². The molecule has 118 valence electrons. The normalized spacial score (nSPS) is 33.8. The molecule has 1 aliphatic carbocycles. The van der Waals surface area contributed by atoms with E-state index in [1.807, 2.05) is 11.9 Å². The fourth-order valence-corrected chi connectivity index (χ4v) is 7.54. The van der Waals surface area contributed by atoms with Crippen molar-refractivity contribution >= 4 is 32.7 Å². The van der Waals surface area contributed by atoms with E-state index in [1.54, 1.807) is 0 Å². The molecule has 2 saturated heterocycles. The van der Waals surface area contributed by atoms with Gasteiger partial charge in [-0.2, -0.15) is 4.99 Å². The molecule has 7 heteroatoms. The van der Waals surface area contributed by atoms with Gasteiger partial charge in [-0.25, -0.2) is 8.42 Å². The Morgan fingerprint density at radius 3 is 2.71 bits per heavy atom. The maximum absolute atomic E-state index is 12.0. The van der Waals surface area contributed by atoms with Crippen molar-refractivity contribution in [2.75, 3.05) is 18.6 Å². The fourth-order valence-electron chi connectivity index (χ4n) is 3.53. The van der Waals surface area contributed by atoms with Gasteiger partial charge in [-0.1, -0.05) is 37.4 Å². The van der Waals surface area contributed by atoms with E-state index in [-0.39, 0.29) is 28.7 Å². The lowest BCUT2D eigenvalue weighted by molar-refractivity contribution is -0.118. The monoisotopic (exact) mass is 330 g/mol. The highest BCUT2D eigenvalue weighted by Crippen LogP contribution is 2.37. The smallest absolute Gasteiger partial charge is 0.248 e. The van der Waals surface area contributed by atoms with Crippen LogP contribution in [0.3, 0.4) is 0 Å². The van der Waals surface area contributed by atoms with Gasteiger partial charge in [0.05, 0.1) is 17.5 Å². The standard InChI is InChI=1S/C14H22N2O3S2/c1-16-11-8-21(18,19)9-12(11)20-14(16)15-13(17)7-6-10-4-2-3-5-10/h10-12H,2-9H2,1H3/t11-,12-/m0/s1. The number of thioether (sulfide) groups is 1. The molecule has 0 bridgehead atoms. The molecule has 3 rings (SSSR count). The predicted molar refractivity (Wildman–Crippen MR) is 85.2 cm³/mol. The van der Waals surface area contributed by atoms with E-state index in [1.165, 1.54) is 37.4 Å². The number of carbonyl (C=O) groups excluding carboxylic acids is 1. The highest BCUT2D eigenvalue weighted by Gasteiger charge is 2.47. The summed E-state index contributed by atoms with van der Waals surface area (Å²) in [7, 11) is -1.07. The first-order valence-electron chi connectivity index (χ1n) is 7.66. The number of carbonyl (C=O) groups is 1. The van der Waals surface area contributed by atoms with E-state index >= 15 is 0 Å². The Balaban J connectivity index is 1.56. The lowest BCUT2D eigenvalue weighted by atomic mass is 10.0. The lowest BCUT2D eigenvalue weighted by Gasteiger charge is -2.17. The third-order valence-electron chi connectivity index (χ3n) is 4.79. The fraction of sp³-hybridized carbons (Fsp3) is 0.857. The van der Waals surface area contributed by atoms with E-state index in [0.717, 1.165) is 6.42 Å². The van der Waals surface area contributed by atoms with Gasteiger partial charge < -0.3 is 4.90 Å². The Kier molecular flexibility index (Phi) is 4.32. The van der Waals surface area contributed by atoms with Gasteiger partial charge >= 0.3 is 0 Å². The minimum absolute atomic E-state index is 0.0126. The molecule has 0 spiro atoms. The second kappa shape index (κ2) is 5.91. The van der Waals surface area contributed by atoms with E-state index in [9.17, 15) is 13.2 Å². The van der Waals surface area contributed by atoms with Crippen LogP contribution in [-0.4, -0.2) is 54.2 Å². The van der Waals surface area contributed by atoms with Crippen molar-refractivity contribution in [2.24, 2.45) is 10.9 Å². The largest absolute Gasteiger partial charge is 0.349 e. The van der Waals surface area contributed by atoms with Crippen LogP contribution >= 0.6 is 11.8 Å². The van der Waals surface area contributed by atoms with Gasteiger partial charge in [0.15, 0.2) is 15.0 Å². The summed E-state index contributed by atoms with van der Waals surface area (Å²) in [6.45, 7) is 0. The molecule has 0 aromatic heterocycles. The second-order valence-corrected chi connectivity index (χ2v) is 9.75. The van der Waals surface area contributed by atoms with Crippen LogP contribution in [0.4, 0.5) is 0 Å². The van der Waals surface area contributed by atoms with E-state index < -0.39 is 9.84 Å². The van der Waals surface area contributed by atoms with Crippen molar-refractivity contribution in [1.29, 1.82) is 0 Å². The zero-order valence-corrected chi connectivity index (χ0v) is 14.0. The highest BCUT2D eigenvalue weighted by atomic mass is 32.2. The van der Waals surface area contributed by atoms with Crippen molar-refractivity contribution in [3.63, 3.8) is 0 Å². The Labute approximate surface area is 130 Å². The van der Waals surface area contributed by atoms with Crippen molar-refractivity contribution in [3.05, 3.63) is 0 Å². The summed E-state index contributed by atoms with van der Waals surface area (Å²) in [5, 5.41) is 0.748. The summed E-state index contributed by atoms with van der Waals surface area (Å²) in [6.07, 6.45) is 6.57. The number of hydrogen-bond acceptors (Lipinski definition) is 4. The third-order valence-corrected chi connectivity index (χ3v) is 8.09. The van der Waals surface area contributed by atoms with E-state index in [4.69, 9.17) is 0 Å². The minimum Gasteiger partial charge on any atom is -0.349 e. The average Bonchev–Trinajstić information content (AvgIpc) is 3.07. The minimum atomic E-state index is -2.91. The summed E-state index contributed by atoms with van der Waals surface area (Å²) in [4.78, 5) is 18.1. The number of rotatable bonds is 3. The van der Waals surface area contributed by atoms with Crippen LogP contribution in [0, 0.1) is 5.92 Å². The summed E-state index contributed by atoms with van der Waals surface area (Å²) >= 11 is 1.45. The van der Waals surface area contributed by atoms with Gasteiger partial charge in [0, 0.05) is 18.7 Å². The second-order valence-electron chi connectivity index (χ2n) is 6.39. The van der Waals surface area contributed by atoms with Gasteiger partial charge in [0.25, 0.3) is 0 Å². The lowest BCUT2D eigenvalue weighted by Crippen LogP contribution is -2.34. The first-order chi connectivity index (χ1) is 9.94. The molecule has 2 aliphatic heterocycles. The first kappa shape index (κ1) is 15.3. The molecule has 3 fully saturated rings. The number of hydrogen-bond donors (Lipinski definition) is 0. The van der Waals surface area contributed by atoms with Gasteiger partial charge in [-0.05, 0) is 12.3 Å². The summed E-state index contributed by atoms with van der Waals surface area (Å²) in [5.74, 6) is 1.05. The third kappa shape index (κ3) is 3.44. The summed E-state index contributed by atoms with van der Waals surface area (Å²) < 4.78 is 23.2. The summed E-state index contributed by atoms with van der Waals surface area (Å²) in [5.41, 5.74) is 0. The maximum Gasteiger partial charge on any atom is 0.248 e. The van der Waals surface area contributed by atoms with Gasteiger partial charge in [-0.3, -0.25) is 4.79 Å². The maximum atomic E-state index is 12.0. The van der Waals surface area contributed by atoms with Crippen LogP contribution in [-0.2, 0) is 14.6 Å². The zero-order chi connectivity index (χ0) is 15.0. The van der Waals surface area contributed by atoms with Crippen molar-refractivity contribution in [1.82, 2.24) is 4.90 Å².